The molecule has 2 aromatic heterocycles. The van der Waals surface area contributed by atoms with Gasteiger partial charge >= 0.3 is 0 Å². The molecule has 0 bridgehead atoms. The maximum atomic E-state index is 13.4. The van der Waals surface area contributed by atoms with E-state index in [1.54, 1.807) is 0 Å². The molecule has 3 heterocycles. The normalized spacial score (nSPS) is 17.0. The molecule has 0 saturated carbocycles. The molecule has 1 aromatic carbocycles. The van der Waals surface area contributed by atoms with Crippen LogP contribution in [0.5, 0.6) is 0 Å². The van der Waals surface area contributed by atoms with Gasteiger partial charge in [-0.05, 0) is 43.2 Å². The number of fused-ring (bicyclic) bond motifs is 1. The van der Waals surface area contributed by atoms with Gasteiger partial charge in [-0.2, -0.15) is 4.31 Å². The summed E-state index contributed by atoms with van der Waals surface area (Å²) in [5, 5.41) is 8.37. The van der Waals surface area contributed by atoms with Crippen LogP contribution in [0.25, 0.3) is 5.65 Å². The summed E-state index contributed by atoms with van der Waals surface area (Å²) in [5.41, 5.74) is 0.749. The van der Waals surface area contributed by atoms with E-state index in [2.05, 4.69) is 10.2 Å². The predicted molar refractivity (Wildman–Crippen MR) is 90.1 cm³/mol. The standard InChI is InChI=1S/C17H16F2N4O2S/c18-14-5-4-13(11-15(14)19)26(24,25)22-9-6-12(7-10-22)17-21-20-16-3-1-2-8-23(16)17/h1-5,8,11-12H,6-7,9-10H2. The third-order valence-electron chi connectivity index (χ3n) is 4.69. The molecule has 0 amide bonds. The molecule has 0 unspecified atom stereocenters. The monoisotopic (exact) mass is 378 g/mol. The first kappa shape index (κ1) is 17.0. The first-order chi connectivity index (χ1) is 12.5. The van der Waals surface area contributed by atoms with Crippen LogP contribution >= 0.6 is 0 Å². The number of aromatic nitrogens is 3. The number of hydrogen-bond donors (Lipinski definition) is 0. The van der Waals surface area contributed by atoms with Crippen LogP contribution in [0.1, 0.15) is 24.6 Å². The van der Waals surface area contributed by atoms with Crippen LogP contribution in [0.2, 0.25) is 0 Å². The second-order valence-electron chi connectivity index (χ2n) is 6.24. The Bertz CT molecular complexity index is 1060. The van der Waals surface area contributed by atoms with E-state index in [9.17, 15) is 17.2 Å². The molecule has 1 aliphatic heterocycles. The molecule has 1 saturated heterocycles. The lowest BCUT2D eigenvalue weighted by Crippen LogP contribution is -2.38. The van der Waals surface area contributed by atoms with Crippen LogP contribution in [0.15, 0.2) is 47.5 Å². The Morgan fingerprint density at radius 1 is 1.00 bits per heavy atom. The van der Waals surface area contributed by atoms with E-state index in [-0.39, 0.29) is 23.9 Å². The Labute approximate surface area is 149 Å². The van der Waals surface area contributed by atoms with E-state index in [1.807, 2.05) is 28.8 Å². The number of sulfonamides is 1. The van der Waals surface area contributed by atoms with Crippen LogP contribution in [0.3, 0.4) is 0 Å². The van der Waals surface area contributed by atoms with Gasteiger partial charge in [-0.3, -0.25) is 4.40 Å². The molecule has 4 rings (SSSR count). The van der Waals surface area contributed by atoms with E-state index < -0.39 is 21.7 Å². The van der Waals surface area contributed by atoms with Gasteiger partial charge in [0.1, 0.15) is 5.82 Å². The molecule has 0 atom stereocenters. The minimum absolute atomic E-state index is 0.0869. The second kappa shape index (κ2) is 6.40. The highest BCUT2D eigenvalue weighted by Crippen LogP contribution is 2.30. The van der Waals surface area contributed by atoms with E-state index in [4.69, 9.17) is 0 Å². The van der Waals surface area contributed by atoms with Gasteiger partial charge in [0.2, 0.25) is 10.0 Å². The Morgan fingerprint density at radius 2 is 1.77 bits per heavy atom. The molecule has 3 aromatic rings. The average molecular weight is 378 g/mol. The number of rotatable bonds is 3. The van der Waals surface area contributed by atoms with Crippen LogP contribution in [-0.4, -0.2) is 40.4 Å². The minimum Gasteiger partial charge on any atom is -0.286 e. The highest BCUT2D eigenvalue weighted by atomic mass is 32.2. The van der Waals surface area contributed by atoms with Crippen molar-refractivity contribution in [2.45, 2.75) is 23.7 Å². The smallest absolute Gasteiger partial charge is 0.243 e. The largest absolute Gasteiger partial charge is 0.286 e. The third-order valence-corrected chi connectivity index (χ3v) is 6.58. The maximum Gasteiger partial charge on any atom is 0.243 e. The van der Waals surface area contributed by atoms with Crippen LogP contribution < -0.4 is 0 Å². The number of benzene rings is 1. The summed E-state index contributed by atoms with van der Waals surface area (Å²) < 4.78 is 55.0. The topological polar surface area (TPSA) is 67.6 Å². The minimum atomic E-state index is -3.85. The van der Waals surface area contributed by atoms with Crippen molar-refractivity contribution in [3.63, 3.8) is 0 Å². The van der Waals surface area contributed by atoms with Crippen LogP contribution in [0, 0.1) is 11.6 Å². The lowest BCUT2D eigenvalue weighted by molar-refractivity contribution is 0.312. The van der Waals surface area contributed by atoms with Gasteiger partial charge in [0.05, 0.1) is 4.90 Å². The highest BCUT2D eigenvalue weighted by Gasteiger charge is 2.32. The van der Waals surface area contributed by atoms with Crippen molar-refractivity contribution >= 4 is 15.7 Å². The Balaban J connectivity index is 1.53. The summed E-state index contributed by atoms with van der Waals surface area (Å²) in [6, 6.07) is 8.28. The first-order valence-corrected chi connectivity index (χ1v) is 9.66. The molecule has 0 radical (unpaired) electrons. The zero-order valence-corrected chi connectivity index (χ0v) is 14.5. The van der Waals surface area contributed by atoms with Crippen LogP contribution in [0.4, 0.5) is 8.78 Å². The fourth-order valence-corrected chi connectivity index (χ4v) is 4.76. The zero-order chi connectivity index (χ0) is 18.3. The maximum absolute atomic E-state index is 13.4. The Hall–Kier alpha value is -2.39. The van der Waals surface area contributed by atoms with Gasteiger partial charge in [-0.1, -0.05) is 6.07 Å². The number of halogens is 2. The second-order valence-corrected chi connectivity index (χ2v) is 8.18. The summed E-state index contributed by atoms with van der Waals surface area (Å²) in [6.45, 7) is 0.571. The predicted octanol–water partition coefficient (Wildman–Crippen LogP) is 2.58. The third kappa shape index (κ3) is 2.86. The van der Waals surface area contributed by atoms with Crippen molar-refractivity contribution in [3.8, 4) is 0 Å². The van der Waals surface area contributed by atoms with Gasteiger partial charge in [-0.25, -0.2) is 17.2 Å². The summed E-state index contributed by atoms with van der Waals surface area (Å²) in [4.78, 5) is -0.234. The van der Waals surface area contributed by atoms with E-state index in [1.165, 1.54) is 4.31 Å². The summed E-state index contributed by atoms with van der Waals surface area (Å²) >= 11 is 0. The SMILES string of the molecule is O=S(=O)(c1ccc(F)c(F)c1)N1CCC(c2nnc3ccccn23)CC1. The molecule has 1 fully saturated rings. The van der Waals surface area contributed by atoms with Crippen molar-refractivity contribution in [2.24, 2.45) is 0 Å². The Kier molecular flexibility index (Phi) is 4.20. The van der Waals surface area contributed by atoms with Crippen molar-refractivity contribution in [3.05, 3.63) is 60.1 Å². The molecule has 136 valence electrons. The Morgan fingerprint density at radius 3 is 2.50 bits per heavy atom. The van der Waals surface area contributed by atoms with Crippen molar-refractivity contribution in [1.82, 2.24) is 18.9 Å². The van der Waals surface area contributed by atoms with Gasteiger partial charge in [-0.15, -0.1) is 10.2 Å². The summed E-state index contributed by atoms with van der Waals surface area (Å²) in [7, 11) is -3.85. The quantitative estimate of drug-likeness (QED) is 0.703. The number of nitrogens with zero attached hydrogens (tertiary/aromatic N) is 4. The lowest BCUT2D eigenvalue weighted by Gasteiger charge is -2.30. The lowest BCUT2D eigenvalue weighted by atomic mass is 9.97. The number of pyridine rings is 1. The molecule has 9 heteroatoms. The molecule has 0 aliphatic carbocycles. The van der Waals surface area contributed by atoms with E-state index in [0.29, 0.717) is 12.8 Å². The zero-order valence-electron chi connectivity index (χ0n) is 13.7. The molecule has 0 spiro atoms. The fraction of sp³-hybridized carbons (Fsp3) is 0.294. The van der Waals surface area contributed by atoms with E-state index >= 15 is 0 Å². The molecule has 6 nitrogen and oxygen atoms in total. The van der Waals surface area contributed by atoms with Crippen molar-refractivity contribution in [2.75, 3.05) is 13.1 Å². The molecule has 0 N–H and O–H groups in total. The highest BCUT2D eigenvalue weighted by molar-refractivity contribution is 7.89. The molecular formula is C17H16F2N4O2S. The van der Waals surface area contributed by atoms with Gasteiger partial charge in [0, 0.05) is 25.2 Å². The first-order valence-electron chi connectivity index (χ1n) is 8.21. The van der Waals surface area contributed by atoms with Crippen LogP contribution in [-0.2, 0) is 10.0 Å². The summed E-state index contributed by atoms with van der Waals surface area (Å²) in [6.07, 6.45) is 3.05. The summed E-state index contributed by atoms with van der Waals surface area (Å²) in [5.74, 6) is -1.34. The van der Waals surface area contributed by atoms with Gasteiger partial charge < -0.3 is 0 Å². The number of hydrogen-bond acceptors (Lipinski definition) is 4. The molecular weight excluding hydrogens is 362 g/mol. The number of piperidine rings is 1. The van der Waals surface area contributed by atoms with Gasteiger partial charge in [0.15, 0.2) is 17.3 Å². The molecule has 26 heavy (non-hydrogen) atoms. The van der Waals surface area contributed by atoms with Crippen molar-refractivity contribution in [1.29, 1.82) is 0 Å². The van der Waals surface area contributed by atoms with Gasteiger partial charge in [0.25, 0.3) is 0 Å². The molecule has 1 aliphatic rings. The average Bonchev–Trinajstić information content (AvgIpc) is 3.08. The van der Waals surface area contributed by atoms with E-state index in [0.717, 1.165) is 29.7 Å². The fourth-order valence-electron chi connectivity index (χ4n) is 3.28. The van der Waals surface area contributed by atoms with Crippen molar-refractivity contribution < 1.29 is 17.2 Å².